The van der Waals surface area contributed by atoms with Crippen molar-refractivity contribution in [3.05, 3.63) is 34.6 Å². The number of hydrogen-bond donors (Lipinski definition) is 2. The Balaban J connectivity index is 2.20. The molecule has 2 N–H and O–H groups in total. The molecule has 0 amide bonds. The summed E-state index contributed by atoms with van der Waals surface area (Å²) < 4.78 is 13.7. The van der Waals surface area contributed by atoms with Gasteiger partial charge in [-0.05, 0) is 31.5 Å². The topological polar surface area (TPSA) is 32.3 Å². The molecule has 1 heterocycles. The van der Waals surface area contributed by atoms with Crippen LogP contribution in [0.25, 0.3) is 0 Å². The van der Waals surface area contributed by atoms with Crippen LogP contribution in [0.4, 0.5) is 4.39 Å². The van der Waals surface area contributed by atoms with Crippen LogP contribution in [-0.4, -0.2) is 17.7 Å². The van der Waals surface area contributed by atoms with Gasteiger partial charge in [-0.25, -0.2) is 4.39 Å². The van der Waals surface area contributed by atoms with Crippen molar-refractivity contribution in [1.82, 2.24) is 5.32 Å². The van der Waals surface area contributed by atoms with Gasteiger partial charge < -0.3 is 10.4 Å². The fourth-order valence-corrected chi connectivity index (χ4v) is 2.59. The molecule has 4 heteroatoms. The average molecular weight is 258 g/mol. The second-order valence-electron chi connectivity index (χ2n) is 4.49. The minimum atomic E-state index is -0.873. The second kappa shape index (κ2) is 5.80. The molecule has 1 aliphatic rings. The molecule has 17 heavy (non-hydrogen) atoms. The Morgan fingerprint density at radius 1 is 1.35 bits per heavy atom. The van der Waals surface area contributed by atoms with E-state index in [9.17, 15) is 9.50 Å². The number of benzene rings is 1. The molecule has 0 radical (unpaired) electrons. The van der Waals surface area contributed by atoms with E-state index in [2.05, 4.69) is 5.32 Å². The molecule has 0 aromatic heterocycles. The fraction of sp³-hybridized carbons (Fsp3) is 0.538. The lowest BCUT2D eigenvalue weighted by atomic mass is 9.98. The van der Waals surface area contributed by atoms with Gasteiger partial charge in [-0.2, -0.15) is 0 Å². The lowest BCUT2D eigenvalue weighted by molar-refractivity contribution is 0.122. The normalized spacial score (nSPS) is 23.1. The molecule has 0 saturated carbocycles. The fourth-order valence-electron chi connectivity index (χ4n) is 2.32. The zero-order valence-electron chi connectivity index (χ0n) is 9.63. The van der Waals surface area contributed by atoms with Gasteiger partial charge in [-0.1, -0.05) is 30.5 Å². The summed E-state index contributed by atoms with van der Waals surface area (Å²) in [4.78, 5) is 0. The van der Waals surface area contributed by atoms with Gasteiger partial charge in [0.05, 0.1) is 6.10 Å². The first-order chi connectivity index (χ1) is 8.20. The zero-order chi connectivity index (χ0) is 12.3. The third-order valence-electron chi connectivity index (χ3n) is 3.28. The van der Waals surface area contributed by atoms with Crippen LogP contribution in [0.15, 0.2) is 18.2 Å². The standard InChI is InChI=1S/C13H17ClFNO/c14-9-5-4-6-10(15)12(9)13(17)11-7-2-1-3-8-16-11/h4-6,11,13,16-17H,1-3,7-8H2. The second-order valence-corrected chi connectivity index (χ2v) is 4.90. The molecule has 2 unspecified atom stereocenters. The molecule has 0 spiro atoms. The van der Waals surface area contributed by atoms with Gasteiger partial charge in [-0.3, -0.25) is 0 Å². The molecule has 2 rings (SSSR count). The number of rotatable bonds is 2. The van der Waals surface area contributed by atoms with Gasteiger partial charge in [-0.15, -0.1) is 0 Å². The summed E-state index contributed by atoms with van der Waals surface area (Å²) in [6, 6.07) is 4.39. The van der Waals surface area contributed by atoms with Crippen LogP contribution in [0, 0.1) is 5.82 Å². The Morgan fingerprint density at radius 2 is 2.18 bits per heavy atom. The summed E-state index contributed by atoms with van der Waals surface area (Å²) >= 11 is 5.96. The number of nitrogens with one attached hydrogen (secondary N) is 1. The van der Waals surface area contributed by atoms with E-state index < -0.39 is 11.9 Å². The van der Waals surface area contributed by atoms with E-state index in [0.29, 0.717) is 5.02 Å². The maximum Gasteiger partial charge on any atom is 0.130 e. The first kappa shape index (κ1) is 12.8. The van der Waals surface area contributed by atoms with Crippen LogP contribution in [0.1, 0.15) is 37.4 Å². The molecular formula is C13H17ClFNO. The van der Waals surface area contributed by atoms with Gasteiger partial charge in [0, 0.05) is 16.6 Å². The van der Waals surface area contributed by atoms with Gasteiger partial charge in [0.25, 0.3) is 0 Å². The molecule has 1 aromatic rings. The van der Waals surface area contributed by atoms with Crippen LogP contribution in [0.2, 0.25) is 5.02 Å². The van der Waals surface area contributed by atoms with E-state index in [0.717, 1.165) is 32.2 Å². The van der Waals surface area contributed by atoms with E-state index in [1.807, 2.05) is 0 Å². The molecule has 1 aromatic carbocycles. The number of hydrogen-bond acceptors (Lipinski definition) is 2. The van der Waals surface area contributed by atoms with Crippen molar-refractivity contribution in [3.63, 3.8) is 0 Å². The Hall–Kier alpha value is -0.640. The Labute approximate surface area is 106 Å². The lowest BCUT2D eigenvalue weighted by Gasteiger charge is -2.23. The quantitative estimate of drug-likeness (QED) is 0.854. The third-order valence-corrected chi connectivity index (χ3v) is 3.60. The van der Waals surface area contributed by atoms with Crippen LogP contribution < -0.4 is 5.32 Å². The van der Waals surface area contributed by atoms with Crippen molar-refractivity contribution >= 4 is 11.6 Å². The highest BCUT2D eigenvalue weighted by Crippen LogP contribution is 2.30. The van der Waals surface area contributed by atoms with Gasteiger partial charge in [0.2, 0.25) is 0 Å². The van der Waals surface area contributed by atoms with Gasteiger partial charge >= 0.3 is 0 Å². The summed E-state index contributed by atoms with van der Waals surface area (Å²) in [5.41, 5.74) is 0.216. The predicted octanol–water partition coefficient (Wildman–Crippen LogP) is 3.04. The van der Waals surface area contributed by atoms with Crippen LogP contribution in [0.5, 0.6) is 0 Å². The van der Waals surface area contributed by atoms with Crippen molar-refractivity contribution in [3.8, 4) is 0 Å². The molecule has 0 bridgehead atoms. The largest absolute Gasteiger partial charge is 0.387 e. The van der Waals surface area contributed by atoms with Crippen molar-refractivity contribution in [2.75, 3.05) is 6.54 Å². The van der Waals surface area contributed by atoms with Gasteiger partial charge in [0.15, 0.2) is 0 Å². The minimum Gasteiger partial charge on any atom is -0.387 e. The maximum atomic E-state index is 13.7. The minimum absolute atomic E-state index is 0.105. The first-order valence-electron chi connectivity index (χ1n) is 6.05. The van der Waals surface area contributed by atoms with E-state index in [-0.39, 0.29) is 11.6 Å². The monoisotopic (exact) mass is 257 g/mol. The van der Waals surface area contributed by atoms with E-state index in [4.69, 9.17) is 11.6 Å². The zero-order valence-corrected chi connectivity index (χ0v) is 10.4. The van der Waals surface area contributed by atoms with Crippen molar-refractivity contribution in [2.24, 2.45) is 0 Å². The van der Waals surface area contributed by atoms with Crippen LogP contribution in [-0.2, 0) is 0 Å². The first-order valence-corrected chi connectivity index (χ1v) is 6.43. The Morgan fingerprint density at radius 3 is 2.94 bits per heavy atom. The molecule has 0 aliphatic carbocycles. The average Bonchev–Trinajstić information content (AvgIpc) is 2.57. The number of aliphatic hydroxyl groups is 1. The van der Waals surface area contributed by atoms with Crippen molar-refractivity contribution in [1.29, 1.82) is 0 Å². The van der Waals surface area contributed by atoms with E-state index in [1.165, 1.54) is 6.07 Å². The third kappa shape index (κ3) is 2.97. The van der Waals surface area contributed by atoms with Gasteiger partial charge in [0.1, 0.15) is 5.82 Å². The highest BCUT2D eigenvalue weighted by atomic mass is 35.5. The Bertz CT molecular complexity index is 357. The SMILES string of the molecule is OC(c1c(F)cccc1Cl)C1CCCCCN1. The molecule has 1 saturated heterocycles. The Kier molecular flexibility index (Phi) is 4.37. The van der Waals surface area contributed by atoms with Crippen molar-refractivity contribution in [2.45, 2.75) is 37.8 Å². The maximum absolute atomic E-state index is 13.7. The highest BCUT2D eigenvalue weighted by molar-refractivity contribution is 6.31. The summed E-state index contributed by atoms with van der Waals surface area (Å²) in [7, 11) is 0. The van der Waals surface area contributed by atoms with Crippen LogP contribution in [0.3, 0.4) is 0 Å². The molecule has 1 fully saturated rings. The molecule has 94 valence electrons. The van der Waals surface area contributed by atoms with E-state index >= 15 is 0 Å². The van der Waals surface area contributed by atoms with Crippen LogP contribution >= 0.6 is 11.6 Å². The number of halogens is 2. The summed E-state index contributed by atoms with van der Waals surface area (Å²) in [6.45, 7) is 0.869. The van der Waals surface area contributed by atoms with Crippen molar-refractivity contribution < 1.29 is 9.50 Å². The summed E-state index contributed by atoms with van der Waals surface area (Å²) in [5.74, 6) is -0.434. The van der Waals surface area contributed by atoms with E-state index in [1.54, 1.807) is 12.1 Å². The molecular weight excluding hydrogens is 241 g/mol. The molecule has 2 atom stereocenters. The summed E-state index contributed by atoms with van der Waals surface area (Å²) in [6.07, 6.45) is 3.30. The number of aliphatic hydroxyl groups excluding tert-OH is 1. The molecule has 2 nitrogen and oxygen atoms in total. The highest BCUT2D eigenvalue weighted by Gasteiger charge is 2.25. The summed E-state index contributed by atoms with van der Waals surface area (Å²) in [5, 5.41) is 13.8. The molecule has 1 aliphatic heterocycles. The smallest absolute Gasteiger partial charge is 0.130 e. The predicted molar refractivity (Wildman–Crippen MR) is 66.6 cm³/mol. The lowest BCUT2D eigenvalue weighted by Crippen LogP contribution is -2.34.